The number of fused-ring (bicyclic) bond motifs is 1. The second-order valence-electron chi connectivity index (χ2n) is 2.26. The molecule has 0 saturated carbocycles. The highest BCUT2D eigenvalue weighted by Crippen LogP contribution is 2.02. The lowest BCUT2D eigenvalue weighted by molar-refractivity contribution is 1.22. The zero-order valence-corrected chi connectivity index (χ0v) is 11.7. The minimum absolute atomic E-state index is 0.163. The topological polar surface area (TPSA) is 45.8 Å². The van der Waals surface area contributed by atoms with Crippen molar-refractivity contribution in [2.24, 2.45) is 0 Å². The third-order valence-corrected chi connectivity index (χ3v) is 1.48. The predicted octanol–water partition coefficient (Wildman–Crippen LogP) is 4.00. The summed E-state index contributed by atoms with van der Waals surface area (Å²) in [5, 5.41) is 0. The van der Waals surface area contributed by atoms with Gasteiger partial charge >= 0.3 is 0 Å². The quantitative estimate of drug-likeness (QED) is 0.751. The molecule has 2 rings (SSSR count). The predicted molar refractivity (Wildman–Crippen MR) is 76.4 cm³/mol. The molecule has 17 heavy (non-hydrogen) atoms. The van der Waals surface area contributed by atoms with E-state index in [0.29, 0.717) is 0 Å². The fraction of sp³-hybridized carbons (Fsp3) is 0.429. The van der Waals surface area contributed by atoms with Gasteiger partial charge in [-0.15, -0.1) is 0 Å². The van der Waals surface area contributed by atoms with Crippen LogP contribution in [0.4, 0.5) is 0 Å². The number of H-pyrrole nitrogens is 1. The van der Waals surface area contributed by atoms with Crippen LogP contribution in [0.2, 0.25) is 0 Å². The summed E-state index contributed by atoms with van der Waals surface area (Å²) < 4.78 is 0. The van der Waals surface area contributed by atoms with Gasteiger partial charge in [0.1, 0.15) is 0 Å². The highest BCUT2D eigenvalue weighted by molar-refractivity contribution is 5.72. The maximum Gasteiger partial charge on any atom is 0.266 e. The van der Waals surface area contributed by atoms with Gasteiger partial charge in [-0.25, -0.2) is 4.98 Å². The molecule has 1 heterocycles. The van der Waals surface area contributed by atoms with Crippen LogP contribution in [0.15, 0.2) is 35.3 Å². The van der Waals surface area contributed by atoms with E-state index in [1.807, 2.05) is 65.8 Å². The van der Waals surface area contributed by atoms with Gasteiger partial charge in [0.25, 0.3) is 5.56 Å². The molecule has 0 amide bonds. The molecular formula is C14H24N2O. The van der Waals surface area contributed by atoms with E-state index in [9.17, 15) is 4.79 Å². The molecule has 1 aromatic heterocycles. The Morgan fingerprint density at radius 1 is 0.941 bits per heavy atom. The van der Waals surface area contributed by atoms with Crippen LogP contribution in [0.1, 0.15) is 41.5 Å². The van der Waals surface area contributed by atoms with Crippen LogP contribution >= 0.6 is 0 Å². The Balaban J connectivity index is 0. The molecule has 0 fully saturated rings. The molecule has 0 aliphatic heterocycles. The Kier molecular flexibility index (Phi) is 13.0. The molecule has 0 unspecified atom stereocenters. The summed E-state index contributed by atoms with van der Waals surface area (Å²) in [5.41, 5.74) is 1.43. The molecule has 0 bridgehead atoms. The zero-order chi connectivity index (χ0) is 13.7. The Morgan fingerprint density at radius 2 is 1.47 bits per heavy atom. The van der Waals surface area contributed by atoms with Crippen molar-refractivity contribution in [3.8, 4) is 0 Å². The zero-order valence-electron chi connectivity index (χ0n) is 11.7. The lowest BCUT2D eigenvalue weighted by Crippen LogP contribution is -2.04. The number of benzene rings is 1. The first-order chi connectivity index (χ1) is 8.36. The number of nitrogens with one attached hydrogen (secondary N) is 1. The van der Waals surface area contributed by atoms with E-state index in [1.54, 1.807) is 0 Å². The molecule has 3 nitrogen and oxygen atoms in total. The second-order valence-corrected chi connectivity index (χ2v) is 2.26. The molecule has 0 atom stereocenters. The maximum atomic E-state index is 10.8. The highest BCUT2D eigenvalue weighted by atomic mass is 16.1. The third-order valence-electron chi connectivity index (χ3n) is 1.48. The molecule has 0 spiro atoms. The van der Waals surface area contributed by atoms with Gasteiger partial charge in [0.2, 0.25) is 0 Å². The van der Waals surface area contributed by atoms with Crippen LogP contribution in [0.3, 0.4) is 0 Å². The van der Waals surface area contributed by atoms with Gasteiger partial charge in [-0.2, -0.15) is 0 Å². The summed E-state index contributed by atoms with van der Waals surface area (Å²) in [6.45, 7) is 12.0. The second kappa shape index (κ2) is 12.4. The van der Waals surface area contributed by atoms with E-state index < -0.39 is 0 Å². The molecule has 2 aromatic rings. The van der Waals surface area contributed by atoms with Crippen molar-refractivity contribution in [1.29, 1.82) is 0 Å². The summed E-state index contributed by atoms with van der Waals surface area (Å²) in [6.07, 6.45) is 1.28. The van der Waals surface area contributed by atoms with Crippen molar-refractivity contribution in [1.82, 2.24) is 9.97 Å². The lowest BCUT2D eigenvalue weighted by Gasteiger charge is -1.92. The van der Waals surface area contributed by atoms with Gasteiger partial charge in [-0.3, -0.25) is 4.79 Å². The molecule has 1 N–H and O–H groups in total. The first-order valence-corrected chi connectivity index (χ1v) is 6.30. The SMILES string of the molecule is CC.CC.CC.O=c1cnc2ccccc2[nH]1. The van der Waals surface area contributed by atoms with Crippen LogP contribution in [0, 0.1) is 0 Å². The standard InChI is InChI=1S/C8H6N2O.3C2H6/c11-8-5-9-6-3-1-2-4-7(6)10-8;3*1-2/h1-5H,(H,10,11);3*1-2H3. The van der Waals surface area contributed by atoms with E-state index in [2.05, 4.69) is 9.97 Å². The molecular weight excluding hydrogens is 212 g/mol. The van der Waals surface area contributed by atoms with Crippen molar-refractivity contribution >= 4 is 11.0 Å². The minimum atomic E-state index is -0.163. The molecule has 3 heteroatoms. The van der Waals surface area contributed by atoms with Crippen LogP contribution < -0.4 is 5.56 Å². The molecule has 0 aliphatic carbocycles. The number of aromatic nitrogens is 2. The van der Waals surface area contributed by atoms with Crippen molar-refractivity contribution < 1.29 is 0 Å². The summed E-state index contributed by atoms with van der Waals surface area (Å²) in [6, 6.07) is 7.42. The Labute approximate surface area is 104 Å². The molecule has 96 valence electrons. The summed E-state index contributed by atoms with van der Waals surface area (Å²) in [5.74, 6) is 0. The number of aromatic amines is 1. The average molecular weight is 236 g/mol. The average Bonchev–Trinajstić information content (AvgIpc) is 2.45. The number of rotatable bonds is 0. The number of para-hydroxylation sites is 2. The largest absolute Gasteiger partial charge is 0.319 e. The summed E-state index contributed by atoms with van der Waals surface area (Å²) >= 11 is 0. The highest BCUT2D eigenvalue weighted by Gasteiger charge is 1.90. The Hall–Kier alpha value is -1.64. The van der Waals surface area contributed by atoms with Gasteiger partial charge in [0.05, 0.1) is 17.2 Å². The normalized spacial score (nSPS) is 7.65. The monoisotopic (exact) mass is 236 g/mol. The van der Waals surface area contributed by atoms with Gasteiger partial charge < -0.3 is 4.98 Å². The summed E-state index contributed by atoms with van der Waals surface area (Å²) in [4.78, 5) is 17.4. The van der Waals surface area contributed by atoms with Crippen LogP contribution in [0.5, 0.6) is 0 Å². The van der Waals surface area contributed by atoms with Crippen LogP contribution in [-0.2, 0) is 0 Å². The van der Waals surface area contributed by atoms with Crippen molar-refractivity contribution in [3.63, 3.8) is 0 Å². The third kappa shape index (κ3) is 6.51. The Bertz CT molecular complexity index is 435. The Morgan fingerprint density at radius 3 is 2.06 bits per heavy atom. The molecule has 0 aliphatic rings. The number of nitrogens with zero attached hydrogens (tertiary/aromatic N) is 1. The fourth-order valence-electron chi connectivity index (χ4n) is 0.985. The van der Waals surface area contributed by atoms with Crippen LogP contribution in [0.25, 0.3) is 11.0 Å². The molecule has 0 radical (unpaired) electrons. The minimum Gasteiger partial charge on any atom is -0.319 e. The van der Waals surface area contributed by atoms with E-state index in [4.69, 9.17) is 0 Å². The fourth-order valence-corrected chi connectivity index (χ4v) is 0.985. The van der Waals surface area contributed by atoms with E-state index in [-0.39, 0.29) is 5.56 Å². The van der Waals surface area contributed by atoms with E-state index in [0.717, 1.165) is 11.0 Å². The van der Waals surface area contributed by atoms with Crippen LogP contribution in [-0.4, -0.2) is 9.97 Å². The number of hydrogen-bond acceptors (Lipinski definition) is 2. The van der Waals surface area contributed by atoms with Crippen molar-refractivity contribution in [2.75, 3.05) is 0 Å². The molecule has 0 saturated heterocycles. The maximum absolute atomic E-state index is 10.8. The van der Waals surface area contributed by atoms with Gasteiger partial charge in [-0.05, 0) is 12.1 Å². The first-order valence-electron chi connectivity index (χ1n) is 6.30. The lowest BCUT2D eigenvalue weighted by atomic mass is 10.3. The van der Waals surface area contributed by atoms with Crippen molar-refractivity contribution in [3.05, 3.63) is 40.8 Å². The van der Waals surface area contributed by atoms with Crippen molar-refractivity contribution in [2.45, 2.75) is 41.5 Å². The smallest absolute Gasteiger partial charge is 0.266 e. The van der Waals surface area contributed by atoms with Gasteiger partial charge in [0, 0.05) is 0 Å². The number of hydrogen-bond donors (Lipinski definition) is 1. The van der Waals surface area contributed by atoms with E-state index >= 15 is 0 Å². The summed E-state index contributed by atoms with van der Waals surface area (Å²) in [7, 11) is 0. The van der Waals surface area contributed by atoms with Gasteiger partial charge in [-0.1, -0.05) is 53.7 Å². The first kappa shape index (κ1) is 17.7. The van der Waals surface area contributed by atoms with E-state index in [1.165, 1.54) is 6.20 Å². The van der Waals surface area contributed by atoms with Gasteiger partial charge in [0.15, 0.2) is 0 Å². The molecule has 1 aromatic carbocycles.